The van der Waals surface area contributed by atoms with E-state index in [2.05, 4.69) is 37.0 Å². The molecule has 0 atom stereocenters. The van der Waals surface area contributed by atoms with Gasteiger partial charge >= 0.3 is 0 Å². The highest BCUT2D eigenvalue weighted by molar-refractivity contribution is 9.10. The lowest BCUT2D eigenvalue weighted by Crippen LogP contribution is -2.21. The standard InChI is InChI=1S/C20H15Br2N3O3/c1-12-16(20(26)25(24-12)15-5-3-4-14(21)11-15)8-13-9-17(22)19(28-7-6-23)18(10-13)27-2/h3-5,8-11H,7H2,1-2H3. The Kier molecular flexibility index (Phi) is 6.17. The molecule has 28 heavy (non-hydrogen) atoms. The van der Waals surface area contributed by atoms with Crippen molar-refractivity contribution >= 4 is 55.2 Å². The fraction of sp³-hybridized carbons (Fsp3) is 0.150. The van der Waals surface area contributed by atoms with Gasteiger partial charge in [0, 0.05) is 4.47 Å². The highest BCUT2D eigenvalue weighted by atomic mass is 79.9. The lowest BCUT2D eigenvalue weighted by molar-refractivity contribution is -0.114. The van der Waals surface area contributed by atoms with Crippen molar-refractivity contribution < 1.29 is 14.3 Å². The molecular formula is C20H15Br2N3O3. The molecule has 1 aliphatic rings. The van der Waals surface area contributed by atoms with Gasteiger partial charge in [-0.25, -0.2) is 0 Å². The predicted molar refractivity (Wildman–Crippen MR) is 115 cm³/mol. The van der Waals surface area contributed by atoms with Gasteiger partial charge in [0.15, 0.2) is 18.1 Å². The fourth-order valence-electron chi connectivity index (χ4n) is 2.70. The minimum absolute atomic E-state index is 0.0960. The Labute approximate surface area is 179 Å². The van der Waals surface area contributed by atoms with Crippen LogP contribution in [0.3, 0.4) is 0 Å². The summed E-state index contributed by atoms with van der Waals surface area (Å²) >= 11 is 6.84. The lowest BCUT2D eigenvalue weighted by Gasteiger charge is -2.13. The summed E-state index contributed by atoms with van der Waals surface area (Å²) < 4.78 is 12.3. The normalized spacial score (nSPS) is 14.8. The number of rotatable bonds is 5. The Morgan fingerprint density at radius 1 is 1.29 bits per heavy atom. The van der Waals surface area contributed by atoms with Gasteiger partial charge in [0.1, 0.15) is 6.07 Å². The fourth-order valence-corrected chi connectivity index (χ4v) is 3.66. The minimum atomic E-state index is -0.213. The number of hydrogen-bond donors (Lipinski definition) is 0. The third-order valence-corrected chi connectivity index (χ3v) is 5.04. The van der Waals surface area contributed by atoms with Crippen LogP contribution in [0.25, 0.3) is 6.08 Å². The number of anilines is 1. The van der Waals surface area contributed by atoms with Crippen LogP contribution in [0.1, 0.15) is 12.5 Å². The van der Waals surface area contributed by atoms with Crippen molar-refractivity contribution in [3.05, 3.63) is 56.5 Å². The molecule has 8 heteroatoms. The van der Waals surface area contributed by atoms with Crippen LogP contribution < -0.4 is 14.5 Å². The van der Waals surface area contributed by atoms with Crippen molar-refractivity contribution in [1.82, 2.24) is 0 Å². The molecule has 0 bridgehead atoms. The number of halogens is 2. The maximum Gasteiger partial charge on any atom is 0.280 e. The second-order valence-corrected chi connectivity index (χ2v) is 7.59. The molecule has 3 rings (SSSR count). The lowest BCUT2D eigenvalue weighted by atomic mass is 10.1. The average molecular weight is 505 g/mol. The number of hydrogen-bond acceptors (Lipinski definition) is 5. The van der Waals surface area contributed by atoms with Crippen molar-refractivity contribution in [3.8, 4) is 17.6 Å². The van der Waals surface area contributed by atoms with Gasteiger partial charge in [-0.2, -0.15) is 15.4 Å². The van der Waals surface area contributed by atoms with Crippen LogP contribution in [0.5, 0.6) is 11.5 Å². The SMILES string of the molecule is COc1cc(C=C2C(=O)N(c3cccc(Br)c3)N=C2C)cc(Br)c1OCC#N. The Morgan fingerprint density at radius 3 is 2.75 bits per heavy atom. The molecule has 1 amide bonds. The predicted octanol–water partition coefficient (Wildman–Crippen LogP) is 4.93. The third-order valence-electron chi connectivity index (χ3n) is 3.96. The van der Waals surface area contributed by atoms with Crippen LogP contribution in [0.2, 0.25) is 0 Å². The van der Waals surface area contributed by atoms with E-state index >= 15 is 0 Å². The molecular weight excluding hydrogens is 490 g/mol. The summed E-state index contributed by atoms with van der Waals surface area (Å²) in [4.78, 5) is 12.9. The van der Waals surface area contributed by atoms with Gasteiger partial charge in [-0.15, -0.1) is 0 Å². The number of nitriles is 1. The highest BCUT2D eigenvalue weighted by Gasteiger charge is 2.29. The van der Waals surface area contributed by atoms with Crippen molar-refractivity contribution in [2.24, 2.45) is 5.10 Å². The number of nitrogens with zero attached hydrogens (tertiary/aromatic N) is 3. The molecule has 1 heterocycles. The molecule has 0 saturated heterocycles. The van der Waals surface area contributed by atoms with E-state index < -0.39 is 0 Å². The van der Waals surface area contributed by atoms with Crippen LogP contribution in [-0.4, -0.2) is 25.3 Å². The zero-order chi connectivity index (χ0) is 20.3. The average Bonchev–Trinajstić information content (AvgIpc) is 2.95. The van der Waals surface area contributed by atoms with Crippen molar-refractivity contribution in [2.45, 2.75) is 6.92 Å². The molecule has 0 spiro atoms. The number of benzene rings is 2. The van der Waals surface area contributed by atoms with Crippen molar-refractivity contribution in [3.63, 3.8) is 0 Å². The Morgan fingerprint density at radius 2 is 2.07 bits per heavy atom. The summed E-state index contributed by atoms with van der Waals surface area (Å²) in [6.07, 6.45) is 1.75. The quantitative estimate of drug-likeness (QED) is 0.541. The first-order valence-corrected chi connectivity index (χ1v) is 9.77. The Hall–Kier alpha value is -2.63. The van der Waals surface area contributed by atoms with E-state index in [1.807, 2.05) is 30.3 Å². The van der Waals surface area contributed by atoms with E-state index in [0.717, 1.165) is 10.0 Å². The first-order valence-electron chi connectivity index (χ1n) is 8.19. The van der Waals surface area contributed by atoms with E-state index in [9.17, 15) is 4.79 Å². The molecule has 2 aromatic rings. The van der Waals surface area contributed by atoms with Crippen LogP contribution in [0, 0.1) is 11.3 Å². The molecule has 0 N–H and O–H groups in total. The third kappa shape index (κ3) is 4.11. The summed E-state index contributed by atoms with van der Waals surface area (Å²) in [5, 5.41) is 14.5. The minimum Gasteiger partial charge on any atom is -0.493 e. The molecule has 0 fully saturated rings. The highest BCUT2D eigenvalue weighted by Crippen LogP contribution is 2.37. The topological polar surface area (TPSA) is 74.9 Å². The van der Waals surface area contributed by atoms with E-state index in [1.54, 1.807) is 25.1 Å². The molecule has 142 valence electrons. The van der Waals surface area contributed by atoms with Crippen LogP contribution in [0.4, 0.5) is 5.69 Å². The van der Waals surface area contributed by atoms with E-state index in [0.29, 0.717) is 32.9 Å². The second kappa shape index (κ2) is 8.59. The monoisotopic (exact) mass is 503 g/mol. The van der Waals surface area contributed by atoms with Gasteiger partial charge in [-0.05, 0) is 64.8 Å². The maximum atomic E-state index is 12.9. The summed E-state index contributed by atoms with van der Waals surface area (Å²) in [6.45, 7) is 1.69. The zero-order valence-corrected chi connectivity index (χ0v) is 18.2. The largest absolute Gasteiger partial charge is 0.493 e. The van der Waals surface area contributed by atoms with Gasteiger partial charge in [-0.3, -0.25) is 4.79 Å². The zero-order valence-electron chi connectivity index (χ0n) is 15.1. The van der Waals surface area contributed by atoms with Gasteiger partial charge in [0.2, 0.25) is 0 Å². The number of hydrazone groups is 1. The number of carbonyl (C=O) groups excluding carboxylic acids is 1. The number of amides is 1. The van der Waals surface area contributed by atoms with Crippen molar-refractivity contribution in [2.75, 3.05) is 18.7 Å². The van der Waals surface area contributed by atoms with E-state index in [4.69, 9.17) is 14.7 Å². The summed E-state index contributed by atoms with van der Waals surface area (Å²) in [5.41, 5.74) is 2.52. The van der Waals surface area contributed by atoms with Gasteiger partial charge in [0.05, 0.1) is 28.6 Å². The second-order valence-electron chi connectivity index (χ2n) is 5.82. The Balaban J connectivity index is 1.96. The van der Waals surface area contributed by atoms with Gasteiger partial charge in [0.25, 0.3) is 5.91 Å². The number of methoxy groups -OCH3 is 1. The van der Waals surface area contributed by atoms with Crippen LogP contribution in [-0.2, 0) is 4.79 Å². The van der Waals surface area contributed by atoms with Gasteiger partial charge < -0.3 is 9.47 Å². The Bertz CT molecular complexity index is 1040. The van der Waals surface area contributed by atoms with E-state index in [-0.39, 0.29) is 12.5 Å². The first-order chi connectivity index (χ1) is 13.4. The summed E-state index contributed by atoms with van der Waals surface area (Å²) in [6, 6.07) is 12.9. The molecule has 6 nitrogen and oxygen atoms in total. The molecule has 0 aliphatic carbocycles. The summed E-state index contributed by atoms with van der Waals surface area (Å²) in [7, 11) is 1.51. The number of carbonyl (C=O) groups is 1. The van der Waals surface area contributed by atoms with E-state index in [1.165, 1.54) is 12.1 Å². The summed E-state index contributed by atoms with van der Waals surface area (Å²) in [5.74, 6) is 0.681. The molecule has 0 aromatic heterocycles. The molecule has 0 unspecified atom stereocenters. The smallest absolute Gasteiger partial charge is 0.280 e. The molecule has 0 saturated carbocycles. The van der Waals surface area contributed by atoms with Crippen molar-refractivity contribution in [1.29, 1.82) is 5.26 Å². The molecule has 0 radical (unpaired) electrons. The first kappa shape index (κ1) is 20.1. The van der Waals surface area contributed by atoms with Gasteiger partial charge in [-0.1, -0.05) is 22.0 Å². The molecule has 1 aliphatic heterocycles. The van der Waals surface area contributed by atoms with Crippen LogP contribution >= 0.6 is 31.9 Å². The maximum absolute atomic E-state index is 12.9. The molecule has 2 aromatic carbocycles. The number of ether oxygens (including phenoxy) is 2. The van der Waals surface area contributed by atoms with Crippen LogP contribution in [0.15, 0.2) is 56.0 Å².